The van der Waals surface area contributed by atoms with Gasteiger partial charge in [-0.25, -0.2) is 4.79 Å². The summed E-state index contributed by atoms with van der Waals surface area (Å²) in [6.45, 7) is 0. The van der Waals surface area contributed by atoms with Crippen LogP contribution in [0.3, 0.4) is 0 Å². The molecule has 3 aromatic rings. The number of benzene rings is 3. The van der Waals surface area contributed by atoms with E-state index in [1.54, 1.807) is 0 Å². The first-order valence-corrected chi connectivity index (χ1v) is 11.0. The number of fused-ring (bicyclic) bond motifs is 3. The Balaban J connectivity index is 1.42. The molecule has 0 amide bonds. The molecule has 2 aliphatic rings. The topological polar surface area (TPSA) is 52.6 Å². The quantitative estimate of drug-likeness (QED) is 0.388. The summed E-state index contributed by atoms with van der Waals surface area (Å²) in [7, 11) is 0. The zero-order chi connectivity index (χ0) is 21.9. The Hall–Kier alpha value is -3.66. The molecule has 3 aromatic carbocycles. The van der Waals surface area contributed by atoms with Gasteiger partial charge in [-0.15, -0.1) is 0 Å². The van der Waals surface area contributed by atoms with Crippen LogP contribution in [0.25, 0.3) is 5.76 Å². The highest BCUT2D eigenvalue weighted by Crippen LogP contribution is 2.47. The van der Waals surface area contributed by atoms with Crippen molar-refractivity contribution in [3.63, 3.8) is 0 Å². The lowest BCUT2D eigenvalue weighted by Gasteiger charge is -2.36. The van der Waals surface area contributed by atoms with Gasteiger partial charge in [-0.05, 0) is 24.5 Å². The van der Waals surface area contributed by atoms with Crippen LogP contribution in [0.5, 0.6) is 5.75 Å². The molecule has 32 heavy (non-hydrogen) atoms. The molecule has 0 saturated heterocycles. The molecular formula is C28H24O4. The third kappa shape index (κ3) is 4.09. The van der Waals surface area contributed by atoms with Gasteiger partial charge < -0.3 is 9.47 Å². The van der Waals surface area contributed by atoms with Crippen LogP contribution < -0.4 is 4.74 Å². The number of ketones is 1. The summed E-state index contributed by atoms with van der Waals surface area (Å²) in [5.74, 6) is 0.767. The second kappa shape index (κ2) is 8.83. The van der Waals surface area contributed by atoms with E-state index in [0.717, 1.165) is 23.1 Å². The second-order valence-corrected chi connectivity index (χ2v) is 8.29. The Kier molecular flexibility index (Phi) is 5.59. The second-order valence-electron chi connectivity index (χ2n) is 8.29. The molecular weight excluding hydrogens is 400 g/mol. The number of hydrogen-bond donors (Lipinski definition) is 0. The van der Waals surface area contributed by atoms with E-state index >= 15 is 0 Å². The summed E-state index contributed by atoms with van der Waals surface area (Å²) in [5, 5.41) is 0. The molecule has 0 spiro atoms. The predicted octanol–water partition coefficient (Wildman–Crippen LogP) is 5.48. The zero-order valence-electron chi connectivity index (χ0n) is 17.7. The molecule has 0 aliphatic carbocycles. The number of para-hydroxylation sites is 1. The Morgan fingerprint density at radius 1 is 0.875 bits per heavy atom. The summed E-state index contributed by atoms with van der Waals surface area (Å²) in [6.07, 6.45) is 1.81. The molecule has 0 saturated carbocycles. The van der Waals surface area contributed by atoms with Crippen molar-refractivity contribution in [1.82, 2.24) is 0 Å². The van der Waals surface area contributed by atoms with Crippen molar-refractivity contribution in [2.24, 2.45) is 0 Å². The van der Waals surface area contributed by atoms with Gasteiger partial charge in [0.05, 0.1) is 5.57 Å². The van der Waals surface area contributed by atoms with Crippen molar-refractivity contribution in [3.05, 3.63) is 107 Å². The molecule has 2 heterocycles. The number of rotatable bonds is 6. The highest BCUT2D eigenvalue weighted by Gasteiger charge is 2.41. The lowest BCUT2D eigenvalue weighted by Crippen LogP contribution is -2.33. The highest BCUT2D eigenvalue weighted by molar-refractivity contribution is 6.01. The maximum Gasteiger partial charge on any atom is 0.343 e. The number of Topliss-reactive ketones (excluding diaryl/α,β-unsaturated/α-hetero) is 1. The van der Waals surface area contributed by atoms with E-state index in [1.165, 1.54) is 0 Å². The van der Waals surface area contributed by atoms with E-state index in [0.29, 0.717) is 36.3 Å². The van der Waals surface area contributed by atoms with Crippen LogP contribution in [0.1, 0.15) is 41.9 Å². The van der Waals surface area contributed by atoms with E-state index in [9.17, 15) is 9.59 Å². The fraction of sp³-hybridized carbons (Fsp3) is 0.214. The summed E-state index contributed by atoms with van der Waals surface area (Å²) in [5.41, 5.74) is 3.50. The highest BCUT2D eigenvalue weighted by atomic mass is 16.5. The predicted molar refractivity (Wildman–Crippen MR) is 122 cm³/mol. The average molecular weight is 424 g/mol. The Morgan fingerprint density at radius 2 is 1.56 bits per heavy atom. The molecule has 0 fully saturated rings. The Labute approximate surface area is 187 Å². The van der Waals surface area contributed by atoms with E-state index in [1.807, 2.05) is 84.9 Å². The molecule has 0 radical (unpaired) electrons. The van der Waals surface area contributed by atoms with Gasteiger partial charge in [0.1, 0.15) is 23.4 Å². The van der Waals surface area contributed by atoms with E-state index in [-0.39, 0.29) is 23.8 Å². The van der Waals surface area contributed by atoms with E-state index in [2.05, 4.69) is 0 Å². The lowest BCUT2D eigenvalue weighted by atomic mass is 9.80. The number of ether oxygens (including phenoxy) is 2. The normalized spacial score (nSPS) is 19.4. The first kappa shape index (κ1) is 20.3. The molecule has 4 nitrogen and oxygen atoms in total. The molecule has 160 valence electrons. The molecule has 5 rings (SSSR count). The van der Waals surface area contributed by atoms with Crippen molar-refractivity contribution >= 4 is 17.5 Å². The first-order chi connectivity index (χ1) is 15.7. The van der Waals surface area contributed by atoms with Gasteiger partial charge in [0.2, 0.25) is 0 Å². The summed E-state index contributed by atoms with van der Waals surface area (Å²) in [6, 6.07) is 27.3. The fourth-order valence-electron chi connectivity index (χ4n) is 4.57. The van der Waals surface area contributed by atoms with Crippen LogP contribution in [0.2, 0.25) is 0 Å². The van der Waals surface area contributed by atoms with Crippen molar-refractivity contribution < 1.29 is 19.1 Å². The van der Waals surface area contributed by atoms with Gasteiger partial charge in [-0.1, -0.05) is 78.9 Å². The van der Waals surface area contributed by atoms with Crippen molar-refractivity contribution in [3.8, 4) is 5.75 Å². The van der Waals surface area contributed by atoms with Gasteiger partial charge in [0, 0.05) is 29.9 Å². The van der Waals surface area contributed by atoms with Crippen molar-refractivity contribution in [2.45, 2.75) is 37.7 Å². The van der Waals surface area contributed by atoms with Crippen LogP contribution >= 0.6 is 0 Å². The lowest BCUT2D eigenvalue weighted by molar-refractivity contribution is -0.131. The van der Waals surface area contributed by atoms with Gasteiger partial charge in [0.15, 0.2) is 0 Å². The third-order valence-corrected chi connectivity index (χ3v) is 6.12. The maximum atomic E-state index is 12.9. The maximum absolute atomic E-state index is 12.9. The minimum atomic E-state index is -0.374. The van der Waals surface area contributed by atoms with Crippen LogP contribution in [0.4, 0.5) is 0 Å². The standard InChI is InChI=1S/C28H24O4/c29-21(16-15-19-9-3-1-4-10-19)17-22-18-24-23-13-7-8-14-25(23)32-28(30)26(24)27(31-22)20-11-5-2-6-12-20/h1-14,22,24H,15-18H2/t22-,24-/m1/s1. The molecule has 0 bridgehead atoms. The number of hydrogen-bond acceptors (Lipinski definition) is 4. The monoisotopic (exact) mass is 424 g/mol. The van der Waals surface area contributed by atoms with Crippen molar-refractivity contribution in [1.29, 1.82) is 0 Å². The number of carbonyl (C=O) groups is 2. The fourth-order valence-corrected chi connectivity index (χ4v) is 4.57. The van der Waals surface area contributed by atoms with Gasteiger partial charge in [0.25, 0.3) is 0 Å². The number of carbonyl (C=O) groups excluding carboxylic acids is 2. The Bertz CT molecular complexity index is 1160. The first-order valence-electron chi connectivity index (χ1n) is 11.0. The average Bonchev–Trinajstić information content (AvgIpc) is 2.83. The van der Waals surface area contributed by atoms with Gasteiger partial charge in [-0.2, -0.15) is 0 Å². The van der Waals surface area contributed by atoms with Crippen LogP contribution in [-0.2, 0) is 20.7 Å². The van der Waals surface area contributed by atoms with Crippen molar-refractivity contribution in [2.75, 3.05) is 0 Å². The summed E-state index contributed by atoms with van der Waals surface area (Å²) < 4.78 is 11.9. The molecule has 2 aliphatic heterocycles. The SMILES string of the molecule is O=C(CCc1ccccc1)C[C@@H]1C[C@H]2C(=C(c3ccccc3)O1)C(=O)Oc1ccccc12. The Morgan fingerprint density at radius 3 is 2.34 bits per heavy atom. The minimum absolute atomic E-state index is 0.150. The van der Waals surface area contributed by atoms with Gasteiger partial charge >= 0.3 is 5.97 Å². The van der Waals surface area contributed by atoms with E-state index in [4.69, 9.17) is 9.47 Å². The summed E-state index contributed by atoms with van der Waals surface area (Å²) >= 11 is 0. The summed E-state index contributed by atoms with van der Waals surface area (Å²) in [4.78, 5) is 25.7. The van der Waals surface area contributed by atoms with Crippen LogP contribution in [0, 0.1) is 0 Å². The largest absolute Gasteiger partial charge is 0.489 e. The molecule has 0 N–H and O–H groups in total. The molecule has 0 unspecified atom stereocenters. The molecule has 4 heteroatoms. The number of esters is 1. The van der Waals surface area contributed by atoms with Gasteiger partial charge in [-0.3, -0.25) is 4.79 Å². The molecule has 0 aromatic heterocycles. The zero-order valence-corrected chi connectivity index (χ0v) is 17.7. The van der Waals surface area contributed by atoms with E-state index < -0.39 is 0 Å². The minimum Gasteiger partial charge on any atom is -0.489 e. The van der Waals surface area contributed by atoms with Crippen LogP contribution in [-0.4, -0.2) is 17.9 Å². The third-order valence-electron chi connectivity index (χ3n) is 6.12. The number of aryl methyl sites for hydroxylation is 1. The van der Waals surface area contributed by atoms with Crippen LogP contribution in [0.15, 0.2) is 90.5 Å². The molecule has 2 atom stereocenters. The smallest absolute Gasteiger partial charge is 0.343 e.